The molecule has 2 bridgehead atoms. The molecule has 12 heavy (non-hydrogen) atoms. The first-order valence-corrected chi connectivity index (χ1v) is 5.09. The van der Waals surface area contributed by atoms with Crippen molar-refractivity contribution in [1.82, 2.24) is 5.32 Å². The summed E-state index contributed by atoms with van der Waals surface area (Å²) in [6.07, 6.45) is 6.00. The summed E-state index contributed by atoms with van der Waals surface area (Å²) >= 11 is 0. The van der Waals surface area contributed by atoms with Gasteiger partial charge in [-0.15, -0.1) is 0 Å². The highest BCUT2D eigenvalue weighted by Crippen LogP contribution is 2.44. The van der Waals surface area contributed by atoms with Gasteiger partial charge in [0.05, 0.1) is 0 Å². The lowest BCUT2D eigenvalue weighted by Gasteiger charge is -2.22. The van der Waals surface area contributed by atoms with Crippen LogP contribution in [0.5, 0.6) is 0 Å². The summed E-state index contributed by atoms with van der Waals surface area (Å²) in [4.78, 5) is 11.1. The van der Waals surface area contributed by atoms with Gasteiger partial charge in [-0.3, -0.25) is 4.79 Å². The van der Waals surface area contributed by atoms with Crippen molar-refractivity contribution in [3.63, 3.8) is 0 Å². The van der Waals surface area contributed by atoms with Gasteiger partial charge in [0, 0.05) is 12.5 Å². The van der Waals surface area contributed by atoms with Gasteiger partial charge in [0.15, 0.2) is 0 Å². The molecule has 2 aliphatic carbocycles. The van der Waals surface area contributed by atoms with Crippen molar-refractivity contribution in [3.8, 4) is 0 Å². The van der Waals surface area contributed by atoms with E-state index < -0.39 is 0 Å². The number of amides is 1. The second kappa shape index (κ2) is 3.08. The fraction of sp³-hybridized carbons (Fsp3) is 0.900. The maximum atomic E-state index is 11.1. The van der Waals surface area contributed by atoms with Gasteiger partial charge in [0.25, 0.3) is 0 Å². The molecular weight excluding hydrogens is 150 g/mol. The van der Waals surface area contributed by atoms with Crippen LogP contribution in [0, 0.1) is 11.8 Å². The van der Waals surface area contributed by atoms with E-state index in [0.717, 1.165) is 11.8 Å². The summed E-state index contributed by atoms with van der Waals surface area (Å²) in [6.45, 7) is 1.92. The van der Waals surface area contributed by atoms with Gasteiger partial charge in [0.2, 0.25) is 5.91 Å². The summed E-state index contributed by atoms with van der Waals surface area (Å²) in [7, 11) is 0. The number of carbonyl (C=O) groups excluding carboxylic acids is 1. The fourth-order valence-electron chi connectivity index (χ4n) is 2.73. The van der Waals surface area contributed by atoms with Crippen LogP contribution in [0.3, 0.4) is 0 Å². The van der Waals surface area contributed by atoms with Crippen LogP contribution in [-0.2, 0) is 4.79 Å². The number of hydrogen-bond donors (Lipinski definition) is 1. The fourth-order valence-corrected chi connectivity index (χ4v) is 2.73. The minimum atomic E-state index is 0.229. The predicted molar refractivity (Wildman–Crippen MR) is 47.7 cm³/mol. The quantitative estimate of drug-likeness (QED) is 0.666. The van der Waals surface area contributed by atoms with Crippen molar-refractivity contribution in [3.05, 3.63) is 0 Å². The van der Waals surface area contributed by atoms with Crippen LogP contribution in [0.15, 0.2) is 0 Å². The largest absolute Gasteiger partial charge is 0.353 e. The lowest BCUT2D eigenvalue weighted by Crippen LogP contribution is -2.37. The monoisotopic (exact) mass is 167 g/mol. The molecule has 0 unspecified atom stereocenters. The third-order valence-electron chi connectivity index (χ3n) is 3.41. The molecular formula is C10H17NO. The summed E-state index contributed by atoms with van der Waals surface area (Å²) in [6, 6.07) is 0.524. The van der Waals surface area contributed by atoms with Crippen LogP contribution in [0.4, 0.5) is 0 Å². The Hall–Kier alpha value is -0.530. The van der Waals surface area contributed by atoms with Gasteiger partial charge < -0.3 is 5.32 Å². The maximum absolute atomic E-state index is 11.1. The highest BCUT2D eigenvalue weighted by atomic mass is 16.1. The summed E-state index contributed by atoms with van der Waals surface area (Å²) < 4.78 is 0. The molecule has 0 saturated heterocycles. The van der Waals surface area contributed by atoms with E-state index in [1.807, 2.05) is 6.92 Å². The summed E-state index contributed by atoms with van der Waals surface area (Å²) in [5, 5.41) is 3.12. The Morgan fingerprint density at radius 3 is 2.75 bits per heavy atom. The zero-order valence-corrected chi connectivity index (χ0v) is 7.68. The average molecular weight is 167 g/mol. The second-order valence-corrected chi connectivity index (χ2v) is 4.20. The highest BCUT2D eigenvalue weighted by molar-refractivity contribution is 5.75. The maximum Gasteiger partial charge on any atom is 0.219 e. The van der Waals surface area contributed by atoms with Gasteiger partial charge >= 0.3 is 0 Å². The van der Waals surface area contributed by atoms with Crippen molar-refractivity contribution in [2.75, 3.05) is 0 Å². The average Bonchev–Trinajstić information content (AvgIpc) is 2.64. The minimum absolute atomic E-state index is 0.229. The van der Waals surface area contributed by atoms with Crippen LogP contribution >= 0.6 is 0 Å². The van der Waals surface area contributed by atoms with E-state index in [2.05, 4.69) is 5.32 Å². The van der Waals surface area contributed by atoms with E-state index in [-0.39, 0.29) is 5.91 Å². The van der Waals surface area contributed by atoms with Crippen LogP contribution in [-0.4, -0.2) is 11.9 Å². The van der Waals surface area contributed by atoms with Crippen LogP contribution in [0.25, 0.3) is 0 Å². The van der Waals surface area contributed by atoms with E-state index in [1.54, 1.807) is 0 Å². The molecule has 0 aliphatic heterocycles. The smallest absolute Gasteiger partial charge is 0.219 e. The molecule has 68 valence electrons. The molecule has 1 amide bonds. The third-order valence-corrected chi connectivity index (χ3v) is 3.41. The van der Waals surface area contributed by atoms with Crippen molar-refractivity contribution in [1.29, 1.82) is 0 Å². The van der Waals surface area contributed by atoms with Gasteiger partial charge in [0.1, 0.15) is 0 Å². The molecule has 2 nitrogen and oxygen atoms in total. The molecule has 1 N–H and O–H groups in total. The lowest BCUT2D eigenvalue weighted by molar-refractivity contribution is -0.121. The number of hydrogen-bond acceptors (Lipinski definition) is 1. The topological polar surface area (TPSA) is 29.1 Å². The van der Waals surface area contributed by atoms with E-state index >= 15 is 0 Å². The minimum Gasteiger partial charge on any atom is -0.353 e. The molecule has 2 heteroatoms. The van der Waals surface area contributed by atoms with Crippen molar-refractivity contribution < 1.29 is 4.79 Å². The standard InChI is InChI=1S/C10H17NO/c1-2-10(12)11-9-6-7-3-4-8(9)5-7/h7-9H,2-6H2,1H3,(H,11,12)/t7-,8-,9+/m0/s1. The zero-order valence-electron chi connectivity index (χ0n) is 7.68. The van der Waals surface area contributed by atoms with Gasteiger partial charge in [-0.05, 0) is 31.1 Å². The van der Waals surface area contributed by atoms with E-state index in [1.165, 1.54) is 25.7 Å². The van der Waals surface area contributed by atoms with E-state index in [0.29, 0.717) is 12.5 Å². The van der Waals surface area contributed by atoms with E-state index in [9.17, 15) is 4.79 Å². The van der Waals surface area contributed by atoms with Crippen molar-refractivity contribution in [2.24, 2.45) is 11.8 Å². The SMILES string of the molecule is CCC(=O)N[C@@H]1C[C@H]2CC[C@H]1C2. The summed E-state index contributed by atoms with van der Waals surface area (Å²) in [5.41, 5.74) is 0. The molecule has 2 saturated carbocycles. The molecule has 0 aromatic carbocycles. The zero-order chi connectivity index (χ0) is 8.55. The van der Waals surface area contributed by atoms with Crippen molar-refractivity contribution >= 4 is 5.91 Å². The first kappa shape index (κ1) is 8.09. The second-order valence-electron chi connectivity index (χ2n) is 4.20. The van der Waals surface area contributed by atoms with Crippen LogP contribution in [0.2, 0.25) is 0 Å². The lowest BCUT2D eigenvalue weighted by atomic mass is 9.95. The predicted octanol–water partition coefficient (Wildman–Crippen LogP) is 1.70. The first-order chi connectivity index (χ1) is 5.79. The Balaban J connectivity index is 1.86. The third kappa shape index (κ3) is 1.35. The number of nitrogens with one attached hydrogen (secondary N) is 1. The molecule has 0 spiro atoms. The number of rotatable bonds is 2. The molecule has 3 atom stereocenters. The Morgan fingerprint density at radius 1 is 1.42 bits per heavy atom. The first-order valence-electron chi connectivity index (χ1n) is 5.09. The Morgan fingerprint density at radius 2 is 2.25 bits per heavy atom. The molecule has 0 aromatic rings. The number of fused-ring (bicyclic) bond motifs is 2. The molecule has 2 fully saturated rings. The number of carbonyl (C=O) groups is 1. The van der Waals surface area contributed by atoms with Gasteiger partial charge in [-0.1, -0.05) is 13.3 Å². The highest BCUT2D eigenvalue weighted by Gasteiger charge is 2.39. The van der Waals surface area contributed by atoms with E-state index in [4.69, 9.17) is 0 Å². The Labute approximate surface area is 73.7 Å². The van der Waals surface area contributed by atoms with Crippen LogP contribution < -0.4 is 5.32 Å². The molecule has 0 aromatic heterocycles. The molecule has 0 heterocycles. The molecule has 0 radical (unpaired) electrons. The van der Waals surface area contributed by atoms with Crippen molar-refractivity contribution in [2.45, 2.75) is 45.1 Å². The molecule has 2 aliphatic rings. The molecule has 2 rings (SSSR count). The van der Waals surface area contributed by atoms with Gasteiger partial charge in [-0.25, -0.2) is 0 Å². The Kier molecular flexibility index (Phi) is 2.07. The normalized spacial score (nSPS) is 38.6. The Bertz CT molecular complexity index is 190. The van der Waals surface area contributed by atoms with Crippen LogP contribution in [0.1, 0.15) is 39.0 Å². The van der Waals surface area contributed by atoms with Gasteiger partial charge in [-0.2, -0.15) is 0 Å². The summed E-state index contributed by atoms with van der Waals surface area (Å²) in [5.74, 6) is 1.97.